The summed E-state index contributed by atoms with van der Waals surface area (Å²) < 4.78 is 10.8. The maximum Gasteiger partial charge on any atom is 0.284 e. The van der Waals surface area contributed by atoms with Crippen molar-refractivity contribution in [1.29, 1.82) is 0 Å². The smallest absolute Gasteiger partial charge is 0.284 e. The van der Waals surface area contributed by atoms with Crippen LogP contribution < -0.4 is 0 Å². The summed E-state index contributed by atoms with van der Waals surface area (Å²) in [4.78, 5) is 4.62. The largest absolute Gasteiger partial charge is 0.459 e. The lowest BCUT2D eigenvalue weighted by Crippen LogP contribution is -1.83. The molecule has 0 aliphatic carbocycles. The van der Waals surface area contributed by atoms with Gasteiger partial charge in [-0.15, -0.1) is 21.5 Å². The number of nitrogens with zero attached hydrogens (tertiary/aromatic N) is 3. The van der Waals surface area contributed by atoms with Crippen molar-refractivity contribution in [1.82, 2.24) is 15.2 Å². The highest BCUT2D eigenvalue weighted by molar-refractivity contribution is 7.98. The number of benzene rings is 1. The molecule has 8 heteroatoms. The normalized spacial score (nSPS) is 11.0. The Morgan fingerprint density at radius 2 is 2.04 bits per heavy atom. The van der Waals surface area contributed by atoms with E-state index in [1.807, 2.05) is 29.6 Å². The standard InChI is InChI=1S/C16H10ClN3O2S2/c17-12-5-2-1-4-11(12)15-18-10(8-23-15)9-24-16-20-19-14(22-16)13-6-3-7-21-13/h1-8H,9H2. The molecule has 0 radical (unpaired) electrons. The van der Waals surface area contributed by atoms with Gasteiger partial charge in [-0.05, 0) is 18.2 Å². The van der Waals surface area contributed by atoms with Crippen molar-refractivity contribution in [3.05, 3.63) is 58.8 Å². The second-order valence-corrected chi connectivity index (χ2v) is 6.95. The van der Waals surface area contributed by atoms with Gasteiger partial charge < -0.3 is 8.83 Å². The average Bonchev–Trinajstić information content (AvgIpc) is 3.34. The van der Waals surface area contributed by atoms with Gasteiger partial charge in [0, 0.05) is 16.7 Å². The predicted octanol–water partition coefficient (Wildman–Crippen LogP) is 5.40. The van der Waals surface area contributed by atoms with Crippen LogP contribution in [-0.4, -0.2) is 15.2 Å². The zero-order chi connectivity index (χ0) is 16.4. The van der Waals surface area contributed by atoms with Crippen LogP contribution in [0.3, 0.4) is 0 Å². The summed E-state index contributed by atoms with van der Waals surface area (Å²) in [6.45, 7) is 0. The molecular weight excluding hydrogens is 366 g/mol. The fourth-order valence-corrected chi connectivity index (χ4v) is 3.94. The second-order valence-electron chi connectivity index (χ2n) is 4.76. The quantitative estimate of drug-likeness (QED) is 0.435. The number of halogens is 1. The Morgan fingerprint density at radius 3 is 2.88 bits per heavy atom. The predicted molar refractivity (Wildman–Crippen MR) is 94.1 cm³/mol. The highest BCUT2D eigenvalue weighted by Gasteiger charge is 2.13. The summed E-state index contributed by atoms with van der Waals surface area (Å²) in [6, 6.07) is 11.2. The molecule has 0 unspecified atom stereocenters. The summed E-state index contributed by atoms with van der Waals surface area (Å²) in [5, 5.41) is 12.1. The van der Waals surface area contributed by atoms with Crippen LogP contribution in [0, 0.1) is 0 Å². The summed E-state index contributed by atoms with van der Waals surface area (Å²) in [5.74, 6) is 1.57. The molecule has 0 fully saturated rings. The van der Waals surface area contributed by atoms with Crippen LogP contribution >= 0.6 is 34.7 Å². The van der Waals surface area contributed by atoms with E-state index in [2.05, 4.69) is 15.2 Å². The van der Waals surface area contributed by atoms with Gasteiger partial charge in [0.05, 0.1) is 17.0 Å². The minimum absolute atomic E-state index is 0.373. The van der Waals surface area contributed by atoms with Crippen molar-refractivity contribution in [2.75, 3.05) is 0 Å². The SMILES string of the molecule is Clc1ccccc1-c1nc(CSc2nnc(-c3ccco3)o2)cs1. The van der Waals surface area contributed by atoms with Crippen molar-refractivity contribution in [3.8, 4) is 22.2 Å². The highest BCUT2D eigenvalue weighted by Crippen LogP contribution is 2.32. The van der Waals surface area contributed by atoms with Crippen LogP contribution in [0.1, 0.15) is 5.69 Å². The molecule has 0 atom stereocenters. The molecule has 0 amide bonds. The van der Waals surface area contributed by atoms with Gasteiger partial charge in [-0.2, -0.15) is 0 Å². The van der Waals surface area contributed by atoms with E-state index in [-0.39, 0.29) is 0 Å². The molecule has 0 saturated carbocycles. The topological polar surface area (TPSA) is 65.0 Å². The summed E-state index contributed by atoms with van der Waals surface area (Å²) in [7, 11) is 0. The maximum atomic E-state index is 6.21. The number of furan rings is 1. The van der Waals surface area contributed by atoms with Crippen LogP contribution in [0.15, 0.2) is 62.1 Å². The Bertz CT molecular complexity index is 950. The summed E-state index contributed by atoms with van der Waals surface area (Å²) >= 11 is 9.21. The van der Waals surface area contributed by atoms with E-state index in [0.717, 1.165) is 16.3 Å². The Labute approximate surface area is 150 Å². The molecule has 24 heavy (non-hydrogen) atoms. The Morgan fingerprint density at radius 1 is 1.12 bits per heavy atom. The lowest BCUT2D eigenvalue weighted by Gasteiger charge is -1.98. The zero-order valence-electron chi connectivity index (χ0n) is 12.2. The minimum atomic E-state index is 0.373. The number of thiazole rings is 1. The van der Waals surface area contributed by atoms with Gasteiger partial charge >= 0.3 is 0 Å². The van der Waals surface area contributed by atoms with Gasteiger partial charge in [-0.3, -0.25) is 0 Å². The van der Waals surface area contributed by atoms with E-state index < -0.39 is 0 Å². The zero-order valence-corrected chi connectivity index (χ0v) is 14.6. The summed E-state index contributed by atoms with van der Waals surface area (Å²) in [6.07, 6.45) is 1.57. The minimum Gasteiger partial charge on any atom is -0.459 e. The number of thioether (sulfide) groups is 1. The number of hydrogen-bond donors (Lipinski definition) is 0. The molecule has 0 spiro atoms. The van der Waals surface area contributed by atoms with Crippen LogP contribution in [0.2, 0.25) is 5.02 Å². The molecular formula is C16H10ClN3O2S2. The average molecular weight is 376 g/mol. The van der Waals surface area contributed by atoms with Gasteiger partial charge in [-0.25, -0.2) is 4.98 Å². The van der Waals surface area contributed by atoms with Gasteiger partial charge in [0.25, 0.3) is 11.1 Å². The summed E-state index contributed by atoms with van der Waals surface area (Å²) in [5.41, 5.74) is 1.89. The third-order valence-electron chi connectivity index (χ3n) is 3.14. The molecule has 0 aliphatic rings. The first kappa shape index (κ1) is 15.4. The van der Waals surface area contributed by atoms with Crippen LogP contribution in [0.4, 0.5) is 0 Å². The van der Waals surface area contributed by atoms with Crippen molar-refractivity contribution < 1.29 is 8.83 Å². The number of hydrogen-bond acceptors (Lipinski definition) is 7. The van der Waals surface area contributed by atoms with Crippen LogP contribution in [0.5, 0.6) is 0 Å². The molecule has 0 aliphatic heterocycles. The monoisotopic (exact) mass is 375 g/mol. The molecule has 5 nitrogen and oxygen atoms in total. The first-order valence-corrected chi connectivity index (χ1v) is 9.23. The van der Waals surface area contributed by atoms with E-state index in [0.29, 0.717) is 27.6 Å². The maximum absolute atomic E-state index is 6.21. The van der Waals surface area contributed by atoms with Crippen LogP contribution in [-0.2, 0) is 5.75 Å². The van der Waals surface area contributed by atoms with E-state index in [4.69, 9.17) is 20.4 Å². The third kappa shape index (κ3) is 3.24. The lowest BCUT2D eigenvalue weighted by molar-refractivity contribution is 0.447. The van der Waals surface area contributed by atoms with E-state index in [1.54, 1.807) is 29.7 Å². The Kier molecular flexibility index (Phi) is 4.38. The van der Waals surface area contributed by atoms with Gasteiger partial charge in [0.1, 0.15) is 5.01 Å². The van der Waals surface area contributed by atoms with Gasteiger partial charge in [0.15, 0.2) is 5.76 Å². The third-order valence-corrected chi connectivity index (χ3v) is 5.24. The van der Waals surface area contributed by atoms with Crippen molar-refractivity contribution >= 4 is 34.7 Å². The molecule has 0 N–H and O–H groups in total. The van der Waals surface area contributed by atoms with Crippen LogP contribution in [0.25, 0.3) is 22.2 Å². The molecule has 120 valence electrons. The lowest BCUT2D eigenvalue weighted by atomic mass is 10.2. The number of rotatable bonds is 5. The molecule has 3 heterocycles. The van der Waals surface area contributed by atoms with Crippen molar-refractivity contribution in [2.45, 2.75) is 11.0 Å². The fourth-order valence-electron chi connectivity index (χ4n) is 2.04. The Balaban J connectivity index is 1.45. The molecule has 0 saturated heterocycles. The van der Waals surface area contributed by atoms with E-state index >= 15 is 0 Å². The van der Waals surface area contributed by atoms with Crippen molar-refractivity contribution in [2.24, 2.45) is 0 Å². The first-order valence-electron chi connectivity index (χ1n) is 6.99. The fraction of sp³-hybridized carbons (Fsp3) is 0.0625. The second kappa shape index (κ2) is 6.80. The Hall–Kier alpha value is -2.09. The van der Waals surface area contributed by atoms with Gasteiger partial charge in [0.2, 0.25) is 0 Å². The van der Waals surface area contributed by atoms with Gasteiger partial charge in [-0.1, -0.05) is 41.6 Å². The van der Waals surface area contributed by atoms with E-state index in [1.165, 1.54) is 11.8 Å². The van der Waals surface area contributed by atoms with Crippen molar-refractivity contribution in [3.63, 3.8) is 0 Å². The molecule has 3 aromatic heterocycles. The molecule has 4 rings (SSSR count). The molecule has 4 aromatic rings. The highest BCUT2D eigenvalue weighted by atomic mass is 35.5. The first-order chi connectivity index (χ1) is 11.8. The molecule has 1 aromatic carbocycles. The van der Waals surface area contributed by atoms with E-state index in [9.17, 15) is 0 Å². The number of aromatic nitrogens is 3. The molecule has 0 bridgehead atoms.